The number of hydrogen-bond donors (Lipinski definition) is 1. The van der Waals surface area contributed by atoms with Gasteiger partial charge in [-0.25, -0.2) is 9.37 Å². The first kappa shape index (κ1) is 19.5. The summed E-state index contributed by atoms with van der Waals surface area (Å²) in [6.45, 7) is 3.20. The van der Waals surface area contributed by atoms with E-state index in [1.165, 1.54) is 17.8 Å². The lowest BCUT2D eigenvalue weighted by Crippen LogP contribution is -2.38. The predicted octanol–water partition coefficient (Wildman–Crippen LogP) is 4.48. The molecule has 4 aromatic rings. The van der Waals surface area contributed by atoms with Gasteiger partial charge >= 0.3 is 0 Å². The number of halogens is 1. The average molecular weight is 415 g/mol. The molecule has 0 radical (unpaired) electrons. The molecule has 5 rings (SSSR count). The first-order chi connectivity index (χ1) is 15.2. The van der Waals surface area contributed by atoms with Crippen LogP contribution in [0.2, 0.25) is 0 Å². The second-order valence-corrected chi connectivity index (χ2v) is 7.58. The normalized spacial score (nSPS) is 17.0. The zero-order valence-electron chi connectivity index (χ0n) is 16.9. The zero-order chi connectivity index (χ0) is 21.0. The molecule has 1 N–H and O–H groups in total. The maximum atomic E-state index is 13.0. The highest BCUT2D eigenvalue weighted by atomic mass is 19.1. The summed E-state index contributed by atoms with van der Waals surface area (Å²) in [6.07, 6.45) is 4.67. The van der Waals surface area contributed by atoms with Crippen LogP contribution in [0.4, 0.5) is 15.9 Å². The van der Waals surface area contributed by atoms with Crippen molar-refractivity contribution in [3.05, 3.63) is 90.3 Å². The average Bonchev–Trinajstić information content (AvgIpc) is 2.81. The van der Waals surface area contributed by atoms with E-state index in [2.05, 4.69) is 49.4 Å². The molecular formula is C24H22FN5O. The van der Waals surface area contributed by atoms with E-state index in [0.717, 1.165) is 41.9 Å². The molecule has 0 amide bonds. The van der Waals surface area contributed by atoms with E-state index >= 15 is 0 Å². The first-order valence-corrected chi connectivity index (χ1v) is 10.3. The highest BCUT2D eigenvalue weighted by molar-refractivity contribution is 5.78. The van der Waals surface area contributed by atoms with Gasteiger partial charge in [0.05, 0.1) is 35.9 Å². The van der Waals surface area contributed by atoms with Crippen LogP contribution in [-0.4, -0.2) is 39.5 Å². The molecule has 1 atom stereocenters. The Kier molecular flexibility index (Phi) is 5.52. The Bertz CT molecular complexity index is 1170. The molecule has 3 aromatic heterocycles. The number of pyridine rings is 3. The highest BCUT2D eigenvalue weighted by Gasteiger charge is 2.23. The van der Waals surface area contributed by atoms with Crippen molar-refractivity contribution in [2.24, 2.45) is 0 Å². The van der Waals surface area contributed by atoms with E-state index in [1.54, 1.807) is 12.3 Å². The number of nitrogens with one attached hydrogen (secondary N) is 1. The lowest BCUT2D eigenvalue weighted by Gasteiger charge is -2.32. The molecule has 7 heteroatoms. The van der Waals surface area contributed by atoms with Crippen LogP contribution in [0.5, 0.6) is 0 Å². The fraction of sp³-hybridized carbons (Fsp3) is 0.208. The number of benzene rings is 1. The van der Waals surface area contributed by atoms with E-state index < -0.39 is 0 Å². The lowest BCUT2D eigenvalue weighted by atomic mass is 10.1. The Morgan fingerprint density at radius 1 is 1.03 bits per heavy atom. The fourth-order valence-corrected chi connectivity index (χ4v) is 3.77. The van der Waals surface area contributed by atoms with Crippen molar-refractivity contribution < 1.29 is 9.13 Å². The zero-order valence-corrected chi connectivity index (χ0v) is 16.9. The topological polar surface area (TPSA) is 63.2 Å². The molecule has 0 saturated carbocycles. The Balaban J connectivity index is 1.23. The molecule has 0 bridgehead atoms. The van der Waals surface area contributed by atoms with Crippen molar-refractivity contribution in [3.63, 3.8) is 0 Å². The van der Waals surface area contributed by atoms with Gasteiger partial charge in [-0.3, -0.25) is 14.9 Å². The summed E-state index contributed by atoms with van der Waals surface area (Å²) in [6, 6.07) is 17.3. The summed E-state index contributed by atoms with van der Waals surface area (Å²) >= 11 is 0. The molecule has 0 spiro atoms. The number of anilines is 2. The van der Waals surface area contributed by atoms with Crippen LogP contribution in [0.15, 0.2) is 73.2 Å². The third-order valence-electron chi connectivity index (χ3n) is 5.34. The molecule has 6 nitrogen and oxygen atoms in total. The molecule has 1 fully saturated rings. The minimum Gasteiger partial charge on any atom is -0.369 e. The Labute approximate surface area is 179 Å². The van der Waals surface area contributed by atoms with E-state index in [0.29, 0.717) is 12.4 Å². The number of morpholine rings is 1. The Hall–Kier alpha value is -3.42. The lowest BCUT2D eigenvalue weighted by molar-refractivity contribution is -0.0349. The molecule has 0 aliphatic carbocycles. The van der Waals surface area contributed by atoms with Crippen LogP contribution < -0.4 is 5.32 Å². The maximum absolute atomic E-state index is 13.0. The van der Waals surface area contributed by atoms with Crippen molar-refractivity contribution in [2.45, 2.75) is 12.6 Å². The number of fused-ring (bicyclic) bond motifs is 1. The van der Waals surface area contributed by atoms with Gasteiger partial charge in [-0.15, -0.1) is 0 Å². The van der Waals surface area contributed by atoms with E-state index in [4.69, 9.17) is 4.74 Å². The van der Waals surface area contributed by atoms with Gasteiger partial charge in [-0.2, -0.15) is 0 Å². The number of aromatic nitrogens is 3. The third-order valence-corrected chi connectivity index (χ3v) is 5.34. The first-order valence-electron chi connectivity index (χ1n) is 10.3. The van der Waals surface area contributed by atoms with Crippen molar-refractivity contribution in [3.8, 4) is 0 Å². The van der Waals surface area contributed by atoms with Crippen LogP contribution in [0, 0.1) is 5.82 Å². The van der Waals surface area contributed by atoms with E-state index in [-0.39, 0.29) is 11.9 Å². The van der Waals surface area contributed by atoms with Gasteiger partial charge in [0, 0.05) is 31.2 Å². The van der Waals surface area contributed by atoms with Crippen LogP contribution in [0.3, 0.4) is 0 Å². The molecule has 1 aromatic carbocycles. The molecule has 1 unspecified atom stereocenters. The molecule has 1 aliphatic rings. The monoisotopic (exact) mass is 415 g/mol. The van der Waals surface area contributed by atoms with Gasteiger partial charge in [0.15, 0.2) is 0 Å². The van der Waals surface area contributed by atoms with Crippen LogP contribution in [0.1, 0.15) is 17.4 Å². The minimum atomic E-state index is -0.363. The number of rotatable bonds is 5. The standard InChI is InChI=1S/C24H22FN5O/c25-19-4-8-24(28-13-19)29-20-5-7-22(27-14-20)23-16-30(10-11-31-23)15-17-3-6-21-18(12-17)2-1-9-26-21/h1-9,12-14,23H,10-11,15-16H2,(H,28,29). The molecule has 1 aliphatic heterocycles. The molecular weight excluding hydrogens is 393 g/mol. The summed E-state index contributed by atoms with van der Waals surface area (Å²) in [5, 5.41) is 4.28. The summed E-state index contributed by atoms with van der Waals surface area (Å²) in [5.74, 6) is 0.208. The van der Waals surface area contributed by atoms with Gasteiger partial charge in [-0.1, -0.05) is 12.1 Å². The van der Waals surface area contributed by atoms with E-state index in [1.807, 2.05) is 24.4 Å². The van der Waals surface area contributed by atoms with Gasteiger partial charge in [-0.05, 0) is 48.0 Å². The van der Waals surface area contributed by atoms with Gasteiger partial charge < -0.3 is 10.1 Å². The molecule has 4 heterocycles. The number of hydrogen-bond acceptors (Lipinski definition) is 6. The summed E-state index contributed by atoms with van der Waals surface area (Å²) in [4.78, 5) is 15.4. The fourth-order valence-electron chi connectivity index (χ4n) is 3.77. The van der Waals surface area contributed by atoms with Crippen molar-refractivity contribution in [2.75, 3.05) is 25.0 Å². The molecule has 1 saturated heterocycles. The maximum Gasteiger partial charge on any atom is 0.141 e. The quantitative estimate of drug-likeness (QED) is 0.519. The van der Waals surface area contributed by atoms with Crippen molar-refractivity contribution >= 4 is 22.4 Å². The van der Waals surface area contributed by atoms with E-state index in [9.17, 15) is 4.39 Å². The second kappa shape index (κ2) is 8.75. The summed E-state index contributed by atoms with van der Waals surface area (Å²) in [5.41, 5.74) is 3.96. The van der Waals surface area contributed by atoms with Crippen molar-refractivity contribution in [1.82, 2.24) is 19.9 Å². The summed E-state index contributed by atoms with van der Waals surface area (Å²) in [7, 11) is 0. The van der Waals surface area contributed by atoms with Crippen molar-refractivity contribution in [1.29, 1.82) is 0 Å². The predicted molar refractivity (Wildman–Crippen MR) is 117 cm³/mol. The Morgan fingerprint density at radius 3 is 2.84 bits per heavy atom. The van der Waals surface area contributed by atoms with Crippen LogP contribution in [0.25, 0.3) is 10.9 Å². The van der Waals surface area contributed by atoms with Crippen LogP contribution >= 0.6 is 0 Å². The third kappa shape index (κ3) is 4.68. The number of ether oxygens (including phenoxy) is 1. The van der Waals surface area contributed by atoms with Gasteiger partial charge in [0.2, 0.25) is 0 Å². The Morgan fingerprint density at radius 2 is 2.00 bits per heavy atom. The molecule has 31 heavy (non-hydrogen) atoms. The van der Waals surface area contributed by atoms with Gasteiger partial charge in [0.25, 0.3) is 0 Å². The molecule has 156 valence electrons. The number of nitrogens with zero attached hydrogens (tertiary/aromatic N) is 4. The van der Waals surface area contributed by atoms with Crippen LogP contribution in [-0.2, 0) is 11.3 Å². The van der Waals surface area contributed by atoms with Gasteiger partial charge in [0.1, 0.15) is 17.7 Å². The SMILES string of the molecule is Fc1ccc(Nc2ccc(C3CN(Cc4ccc5ncccc5c4)CCO3)nc2)nc1. The second-order valence-electron chi connectivity index (χ2n) is 7.58. The summed E-state index contributed by atoms with van der Waals surface area (Å²) < 4.78 is 19.0. The largest absolute Gasteiger partial charge is 0.369 e. The minimum absolute atomic E-state index is 0.0751. The highest BCUT2D eigenvalue weighted by Crippen LogP contribution is 2.24. The smallest absolute Gasteiger partial charge is 0.141 e.